The molecule has 0 unspecified atom stereocenters. The fourth-order valence-corrected chi connectivity index (χ4v) is 5.80. The van der Waals surface area contributed by atoms with Crippen molar-refractivity contribution in [2.45, 2.75) is 18.4 Å². The van der Waals surface area contributed by atoms with Gasteiger partial charge in [-0.05, 0) is 48.9 Å². The Bertz CT molecular complexity index is 1860. The zero-order valence-corrected chi connectivity index (χ0v) is 23.7. The van der Waals surface area contributed by atoms with E-state index in [2.05, 4.69) is 19.7 Å². The van der Waals surface area contributed by atoms with Gasteiger partial charge in [-0.3, -0.25) is 19.3 Å². The molecule has 1 fully saturated rings. The van der Waals surface area contributed by atoms with E-state index in [0.29, 0.717) is 60.1 Å². The molecule has 0 saturated carbocycles. The van der Waals surface area contributed by atoms with Crippen LogP contribution in [0.1, 0.15) is 12.6 Å². The molecule has 1 aliphatic rings. The van der Waals surface area contributed by atoms with Crippen LogP contribution in [-0.4, -0.2) is 71.2 Å². The van der Waals surface area contributed by atoms with Crippen LogP contribution in [0.3, 0.4) is 0 Å². The van der Waals surface area contributed by atoms with Gasteiger partial charge in [0.15, 0.2) is 5.78 Å². The number of sulfonamides is 1. The molecule has 2 aromatic heterocycles. The molecule has 1 aliphatic heterocycles. The largest absolute Gasteiger partial charge is 0.390 e. The number of aliphatic hydroxyl groups excluding tert-OH is 1. The first-order valence-electron chi connectivity index (χ1n) is 13.1. The summed E-state index contributed by atoms with van der Waals surface area (Å²) in [5.41, 5.74) is 1.71. The molecule has 1 saturated heterocycles. The maximum atomic E-state index is 14.3. The van der Waals surface area contributed by atoms with Crippen molar-refractivity contribution in [3.8, 4) is 11.1 Å². The molecule has 1 amide bonds. The lowest BCUT2D eigenvalue weighted by molar-refractivity contribution is -0.126. The second-order valence-corrected chi connectivity index (χ2v) is 11.4. The SMILES string of the molecule is CC(=O)/C=C/C(=O)N1CCN(c2ncnc3ccc(-c4cnc(CO)c(NS(=O)(=O)c5ccc(F)cc5F)c4)cc23)CC1. The Hall–Kier alpha value is -4.82. The number of carbonyl (C=O) groups is 2. The molecule has 0 radical (unpaired) electrons. The summed E-state index contributed by atoms with van der Waals surface area (Å²) in [6.45, 7) is 2.62. The molecular formula is C29H26F2N6O5S. The minimum Gasteiger partial charge on any atom is -0.390 e. The van der Waals surface area contributed by atoms with Gasteiger partial charge in [0, 0.05) is 55.5 Å². The first-order valence-corrected chi connectivity index (χ1v) is 14.6. The van der Waals surface area contributed by atoms with Crippen LogP contribution in [0, 0.1) is 11.6 Å². The standard InChI is InChI=1S/C29H26F2N6O5S/c1-18(39)2-7-28(40)36-8-10-37(11-9-36)29-22-12-19(3-5-24(22)33-17-34-29)20-13-25(26(16-38)32-15-20)35-43(41,42)27-6-4-21(30)14-23(27)31/h2-7,12-15,17,35,38H,8-11,16H2,1H3/b7-2+. The van der Waals surface area contributed by atoms with Crippen molar-refractivity contribution in [2.24, 2.45) is 0 Å². The molecule has 0 aliphatic carbocycles. The third kappa shape index (κ3) is 6.49. The number of aromatic nitrogens is 3. The Morgan fingerprint density at radius 2 is 1.74 bits per heavy atom. The topological polar surface area (TPSA) is 146 Å². The predicted molar refractivity (Wildman–Crippen MR) is 154 cm³/mol. The number of rotatable bonds is 8. The van der Waals surface area contributed by atoms with Crippen LogP contribution in [0.4, 0.5) is 20.3 Å². The maximum absolute atomic E-state index is 14.3. The van der Waals surface area contributed by atoms with Gasteiger partial charge in [-0.15, -0.1) is 0 Å². The van der Waals surface area contributed by atoms with Gasteiger partial charge in [0.05, 0.1) is 23.5 Å². The van der Waals surface area contributed by atoms with Gasteiger partial charge < -0.3 is 14.9 Å². The number of amides is 1. The van der Waals surface area contributed by atoms with Crippen molar-refractivity contribution in [2.75, 3.05) is 35.8 Å². The molecule has 3 heterocycles. The lowest BCUT2D eigenvalue weighted by Gasteiger charge is -2.35. The summed E-state index contributed by atoms with van der Waals surface area (Å²) in [5.74, 6) is -1.99. The first-order chi connectivity index (χ1) is 20.6. The summed E-state index contributed by atoms with van der Waals surface area (Å²) >= 11 is 0. The fourth-order valence-electron chi connectivity index (χ4n) is 4.67. The number of nitrogens with zero attached hydrogens (tertiary/aromatic N) is 5. The highest BCUT2D eigenvalue weighted by atomic mass is 32.2. The molecule has 222 valence electrons. The predicted octanol–water partition coefficient (Wildman–Crippen LogP) is 3.06. The Balaban J connectivity index is 1.43. The van der Waals surface area contributed by atoms with Gasteiger partial charge in [0.1, 0.15) is 28.7 Å². The van der Waals surface area contributed by atoms with Crippen LogP contribution in [0.25, 0.3) is 22.0 Å². The minimum absolute atomic E-state index is 0.00484. The van der Waals surface area contributed by atoms with Gasteiger partial charge in [0.2, 0.25) is 5.91 Å². The number of benzene rings is 2. The number of piperazine rings is 1. The van der Waals surface area contributed by atoms with Crippen molar-refractivity contribution in [1.29, 1.82) is 0 Å². The smallest absolute Gasteiger partial charge is 0.264 e. The van der Waals surface area contributed by atoms with Crippen molar-refractivity contribution in [1.82, 2.24) is 19.9 Å². The quantitative estimate of drug-likeness (QED) is 0.288. The molecule has 11 nitrogen and oxygen atoms in total. The first kappa shape index (κ1) is 29.7. The molecule has 0 spiro atoms. The van der Waals surface area contributed by atoms with E-state index in [9.17, 15) is 31.9 Å². The average molecular weight is 609 g/mol. The summed E-state index contributed by atoms with van der Waals surface area (Å²) in [5, 5.41) is 10.5. The molecule has 43 heavy (non-hydrogen) atoms. The van der Waals surface area contributed by atoms with E-state index >= 15 is 0 Å². The second kappa shape index (κ2) is 12.2. The maximum Gasteiger partial charge on any atom is 0.264 e. The van der Waals surface area contributed by atoms with Crippen molar-refractivity contribution < 1.29 is 31.9 Å². The Morgan fingerprint density at radius 3 is 2.44 bits per heavy atom. The van der Waals surface area contributed by atoms with E-state index in [1.54, 1.807) is 17.0 Å². The number of anilines is 2. The van der Waals surface area contributed by atoms with Gasteiger partial charge in [-0.25, -0.2) is 27.2 Å². The monoisotopic (exact) mass is 608 g/mol. The van der Waals surface area contributed by atoms with E-state index < -0.39 is 33.2 Å². The molecular weight excluding hydrogens is 582 g/mol. The molecule has 0 atom stereocenters. The molecule has 2 aromatic carbocycles. The third-order valence-electron chi connectivity index (χ3n) is 6.85. The van der Waals surface area contributed by atoms with Crippen LogP contribution in [0.15, 0.2) is 72.0 Å². The summed E-state index contributed by atoms with van der Waals surface area (Å²) in [7, 11) is -4.49. The number of pyridine rings is 1. The van der Waals surface area contributed by atoms with Gasteiger partial charge in [-0.2, -0.15) is 0 Å². The van der Waals surface area contributed by atoms with Gasteiger partial charge >= 0.3 is 0 Å². The van der Waals surface area contributed by atoms with E-state index in [1.807, 2.05) is 11.0 Å². The number of allylic oxidation sites excluding steroid dienone is 1. The highest BCUT2D eigenvalue weighted by Gasteiger charge is 2.24. The van der Waals surface area contributed by atoms with Crippen molar-refractivity contribution >= 4 is 44.1 Å². The molecule has 5 rings (SSSR count). The summed E-state index contributed by atoms with van der Waals surface area (Å²) < 4.78 is 55.7. The van der Waals surface area contributed by atoms with Gasteiger partial charge in [-0.1, -0.05) is 6.07 Å². The lowest BCUT2D eigenvalue weighted by Crippen LogP contribution is -2.48. The number of hydrogen-bond acceptors (Lipinski definition) is 9. The lowest BCUT2D eigenvalue weighted by atomic mass is 10.0. The summed E-state index contributed by atoms with van der Waals surface area (Å²) in [6.07, 6.45) is 5.42. The van der Waals surface area contributed by atoms with E-state index in [-0.39, 0.29) is 23.1 Å². The Kier molecular flexibility index (Phi) is 8.41. The van der Waals surface area contributed by atoms with Gasteiger partial charge in [0.25, 0.3) is 10.0 Å². The number of nitrogens with one attached hydrogen (secondary N) is 1. The second-order valence-electron chi connectivity index (χ2n) is 9.74. The van der Waals surface area contributed by atoms with Crippen molar-refractivity contribution in [3.63, 3.8) is 0 Å². The average Bonchev–Trinajstić information content (AvgIpc) is 2.99. The summed E-state index contributed by atoms with van der Waals surface area (Å²) in [4.78, 5) is 39.5. The Labute approximate surface area is 245 Å². The zero-order valence-electron chi connectivity index (χ0n) is 22.9. The number of carbonyl (C=O) groups excluding carboxylic acids is 2. The number of fused-ring (bicyclic) bond motifs is 1. The van der Waals surface area contributed by atoms with Crippen LogP contribution in [0.5, 0.6) is 0 Å². The van der Waals surface area contributed by atoms with E-state index in [0.717, 1.165) is 12.1 Å². The van der Waals surface area contributed by atoms with Crippen LogP contribution < -0.4 is 9.62 Å². The van der Waals surface area contributed by atoms with Crippen molar-refractivity contribution in [3.05, 3.63) is 84.5 Å². The Morgan fingerprint density at radius 1 is 0.977 bits per heavy atom. The number of ketones is 1. The molecule has 14 heteroatoms. The minimum atomic E-state index is -4.49. The number of hydrogen-bond donors (Lipinski definition) is 2. The third-order valence-corrected chi connectivity index (χ3v) is 8.25. The van der Waals surface area contributed by atoms with Crippen LogP contribution in [-0.2, 0) is 26.2 Å². The van der Waals surface area contributed by atoms with E-state index in [4.69, 9.17) is 0 Å². The zero-order chi connectivity index (χ0) is 30.7. The van der Waals surface area contributed by atoms with Crippen LogP contribution >= 0.6 is 0 Å². The number of halogens is 2. The number of aliphatic hydroxyl groups is 1. The fraction of sp³-hybridized carbons (Fsp3) is 0.207. The molecule has 0 bridgehead atoms. The highest BCUT2D eigenvalue weighted by Crippen LogP contribution is 2.32. The van der Waals surface area contributed by atoms with E-state index in [1.165, 1.54) is 37.7 Å². The highest BCUT2D eigenvalue weighted by molar-refractivity contribution is 7.92. The summed E-state index contributed by atoms with van der Waals surface area (Å²) in [6, 6.07) is 8.94. The molecule has 2 N–H and O–H groups in total. The normalized spacial score (nSPS) is 14.0. The molecule has 4 aromatic rings. The van der Waals surface area contributed by atoms with Crippen LogP contribution in [0.2, 0.25) is 0 Å².